The van der Waals surface area contributed by atoms with Gasteiger partial charge in [0.25, 0.3) is 0 Å². The van der Waals surface area contributed by atoms with Gasteiger partial charge >= 0.3 is 17.0 Å². The molecule has 1 fully saturated rings. The Morgan fingerprint density at radius 1 is 1.14 bits per heavy atom. The standard InChI is InChI=1S/C15H15ClFN3O3S2.C15H12F3NO4S/c1-23-13(21)8-24-12-7-11(10(17)6-9(12)16)18-14-19-4-2-3-5-20(19)15(22)25-14;1-24(21,22)12-6-9(15(16,17)18)4-5-10(12)13(20)11-7-19-23-14(11)8-2-3-8/h6-7H,2-5,8H2,1H3;4-8H,2-3H2,1H3. The van der Waals surface area contributed by atoms with E-state index in [0.717, 1.165) is 67.2 Å². The van der Waals surface area contributed by atoms with Gasteiger partial charge in [0.15, 0.2) is 21.4 Å². The number of aromatic nitrogens is 3. The van der Waals surface area contributed by atoms with Crippen molar-refractivity contribution in [1.82, 2.24) is 14.5 Å². The number of nitrogens with zero attached hydrogens (tertiary/aromatic N) is 4. The molecule has 6 rings (SSSR count). The van der Waals surface area contributed by atoms with E-state index in [9.17, 15) is 40.4 Å². The minimum absolute atomic E-state index is 0.0441. The van der Waals surface area contributed by atoms with Crippen molar-refractivity contribution in [3.05, 3.63) is 84.3 Å². The zero-order valence-electron chi connectivity index (χ0n) is 25.8. The van der Waals surface area contributed by atoms with Gasteiger partial charge in [-0.3, -0.25) is 19.1 Å². The third-order valence-corrected chi connectivity index (χ3v) is 10.9. The third-order valence-electron chi connectivity index (χ3n) is 7.43. The lowest BCUT2D eigenvalue weighted by atomic mass is 10.0. The Balaban J connectivity index is 0.000000191. The van der Waals surface area contributed by atoms with Crippen LogP contribution in [0.4, 0.5) is 23.2 Å². The molecule has 0 saturated heterocycles. The molecule has 11 nitrogen and oxygen atoms in total. The minimum atomic E-state index is -4.71. The molecule has 3 heterocycles. The van der Waals surface area contributed by atoms with Crippen LogP contribution in [-0.4, -0.2) is 53.8 Å². The van der Waals surface area contributed by atoms with Crippen molar-refractivity contribution in [3.8, 4) is 0 Å². The molecule has 1 aliphatic heterocycles. The fourth-order valence-corrected chi connectivity index (χ4v) is 7.72. The van der Waals surface area contributed by atoms with Crippen LogP contribution in [0.15, 0.2) is 60.6 Å². The van der Waals surface area contributed by atoms with Crippen LogP contribution in [0.3, 0.4) is 0 Å². The maximum atomic E-state index is 14.3. The summed E-state index contributed by atoms with van der Waals surface area (Å²) in [6, 6.07) is 4.69. The van der Waals surface area contributed by atoms with Crippen LogP contribution in [-0.2, 0) is 38.6 Å². The van der Waals surface area contributed by atoms with Crippen molar-refractivity contribution in [2.45, 2.75) is 60.7 Å². The number of hydrogen-bond donors (Lipinski definition) is 0. The van der Waals surface area contributed by atoms with Crippen LogP contribution in [0.1, 0.15) is 58.8 Å². The Labute approximate surface area is 289 Å². The maximum Gasteiger partial charge on any atom is 0.416 e. The van der Waals surface area contributed by atoms with Crippen LogP contribution in [0, 0.1) is 5.82 Å². The number of fused-ring (bicyclic) bond motifs is 1. The molecule has 0 unspecified atom stereocenters. The predicted molar refractivity (Wildman–Crippen MR) is 172 cm³/mol. The van der Waals surface area contributed by atoms with Gasteiger partial charge in [0.1, 0.15) is 11.5 Å². The van der Waals surface area contributed by atoms with Gasteiger partial charge in [0.2, 0.25) is 4.80 Å². The number of esters is 1. The molecule has 0 atom stereocenters. The van der Waals surface area contributed by atoms with Gasteiger partial charge in [0.05, 0.1) is 40.1 Å². The number of alkyl halides is 3. The Kier molecular flexibility index (Phi) is 10.9. The maximum absolute atomic E-state index is 14.3. The van der Waals surface area contributed by atoms with E-state index < -0.39 is 44.0 Å². The minimum Gasteiger partial charge on any atom is -0.468 e. The van der Waals surface area contributed by atoms with Crippen molar-refractivity contribution >= 4 is 62.0 Å². The van der Waals surface area contributed by atoms with E-state index in [1.54, 1.807) is 9.36 Å². The van der Waals surface area contributed by atoms with Gasteiger partial charge < -0.3 is 9.26 Å². The summed E-state index contributed by atoms with van der Waals surface area (Å²) in [6.45, 7) is 1.32. The van der Waals surface area contributed by atoms with E-state index in [1.165, 1.54) is 19.4 Å². The topological polar surface area (TPSA) is 143 Å². The number of ketones is 1. The lowest BCUT2D eigenvalue weighted by Gasteiger charge is -2.15. The number of carbonyl (C=O) groups excluding carboxylic acids is 2. The fraction of sp³-hybridized carbons (Fsp3) is 0.367. The Morgan fingerprint density at radius 2 is 1.84 bits per heavy atom. The number of hydrogen-bond acceptors (Lipinski definition) is 11. The van der Waals surface area contributed by atoms with Crippen molar-refractivity contribution < 1.29 is 44.8 Å². The first-order chi connectivity index (χ1) is 23.1. The summed E-state index contributed by atoms with van der Waals surface area (Å²) >= 11 is 8.17. The lowest BCUT2D eigenvalue weighted by molar-refractivity contribution is -0.138. The van der Waals surface area contributed by atoms with Crippen LogP contribution in [0.25, 0.3) is 0 Å². The molecule has 2 aliphatic rings. The molecule has 1 saturated carbocycles. The molecule has 0 radical (unpaired) electrons. The van der Waals surface area contributed by atoms with Gasteiger partial charge in [-0.15, -0.1) is 11.8 Å². The van der Waals surface area contributed by atoms with E-state index >= 15 is 0 Å². The second kappa shape index (κ2) is 14.6. The highest BCUT2D eigenvalue weighted by Crippen LogP contribution is 2.42. The normalized spacial score (nSPS) is 15.0. The van der Waals surface area contributed by atoms with Gasteiger partial charge in [-0.25, -0.2) is 22.5 Å². The second-order valence-corrected chi connectivity index (χ2v) is 15.3. The summed E-state index contributed by atoms with van der Waals surface area (Å²) in [6.07, 6.45) is 0.751. The van der Waals surface area contributed by atoms with Gasteiger partial charge in [-0.1, -0.05) is 16.8 Å². The highest BCUT2D eigenvalue weighted by molar-refractivity contribution is 8.00. The Bertz CT molecular complexity index is 2150. The van der Waals surface area contributed by atoms with Crippen LogP contribution in [0.5, 0.6) is 0 Å². The monoisotopic (exact) mass is 762 g/mol. The van der Waals surface area contributed by atoms with Crippen LogP contribution >= 0.6 is 34.7 Å². The van der Waals surface area contributed by atoms with E-state index in [-0.39, 0.29) is 38.4 Å². The average molecular weight is 763 g/mol. The predicted octanol–water partition coefficient (Wildman–Crippen LogP) is 6.00. The van der Waals surface area contributed by atoms with Gasteiger partial charge in [-0.2, -0.15) is 13.2 Å². The molecular weight excluding hydrogens is 736 g/mol. The van der Waals surface area contributed by atoms with E-state index in [0.29, 0.717) is 40.7 Å². The molecule has 0 amide bonds. The quantitative estimate of drug-likeness (QED) is 0.0914. The van der Waals surface area contributed by atoms with Crippen molar-refractivity contribution in [2.75, 3.05) is 19.1 Å². The fourth-order valence-electron chi connectivity index (χ4n) is 4.83. The summed E-state index contributed by atoms with van der Waals surface area (Å²) < 4.78 is 89.6. The Hall–Kier alpha value is -3.74. The summed E-state index contributed by atoms with van der Waals surface area (Å²) in [5.74, 6) is -1.25. The first-order valence-electron chi connectivity index (χ1n) is 14.5. The summed E-state index contributed by atoms with van der Waals surface area (Å²) in [5.41, 5.74) is -1.29. The molecule has 4 aromatic rings. The average Bonchev–Trinajstić information content (AvgIpc) is 3.69. The zero-order valence-corrected chi connectivity index (χ0v) is 29.0. The first-order valence-corrected chi connectivity index (χ1v) is 18.6. The second-order valence-electron chi connectivity index (χ2n) is 11.0. The van der Waals surface area contributed by atoms with E-state index in [1.807, 2.05) is 0 Å². The molecule has 19 heteroatoms. The number of rotatable bonds is 8. The largest absolute Gasteiger partial charge is 0.468 e. The molecule has 49 heavy (non-hydrogen) atoms. The number of benzene rings is 2. The van der Waals surface area contributed by atoms with Crippen LogP contribution < -0.4 is 9.67 Å². The number of halogens is 5. The smallest absolute Gasteiger partial charge is 0.416 e. The lowest BCUT2D eigenvalue weighted by Crippen LogP contribution is -2.31. The van der Waals surface area contributed by atoms with E-state index in [4.69, 9.17) is 16.1 Å². The molecule has 0 spiro atoms. The van der Waals surface area contributed by atoms with Crippen LogP contribution in [0.2, 0.25) is 5.02 Å². The number of thioether (sulfide) groups is 1. The van der Waals surface area contributed by atoms with Gasteiger partial charge in [0, 0.05) is 35.7 Å². The highest BCUT2D eigenvalue weighted by Gasteiger charge is 2.36. The molecule has 262 valence electrons. The Morgan fingerprint density at radius 3 is 2.47 bits per heavy atom. The molecule has 2 aromatic heterocycles. The SMILES string of the molecule is COC(=O)CSc1cc(N=c2sc(=O)n3n2CCCC3)c(F)cc1Cl.CS(=O)(=O)c1cc(C(F)(F)F)ccc1C(=O)c1cnoc1C1CC1. The third kappa shape index (κ3) is 8.53. The molecular formula is C30H27ClF4N4O7S3. The molecule has 0 bridgehead atoms. The number of carbonyl (C=O) groups is 2. The summed E-state index contributed by atoms with van der Waals surface area (Å²) in [7, 11) is -2.74. The van der Waals surface area contributed by atoms with Gasteiger partial charge in [-0.05, 0) is 67.4 Å². The van der Waals surface area contributed by atoms with Crippen molar-refractivity contribution in [2.24, 2.45) is 4.99 Å². The molecule has 1 aliphatic carbocycles. The van der Waals surface area contributed by atoms with Crippen molar-refractivity contribution in [1.29, 1.82) is 0 Å². The number of methoxy groups -OCH3 is 1. The molecule has 2 aromatic carbocycles. The first kappa shape index (κ1) is 36.5. The zero-order chi connectivity index (χ0) is 35.7. The molecule has 0 N–H and O–H groups in total. The summed E-state index contributed by atoms with van der Waals surface area (Å²) in [5, 5.41) is 3.75. The number of sulfone groups is 1. The van der Waals surface area contributed by atoms with Crippen molar-refractivity contribution in [3.63, 3.8) is 0 Å². The van der Waals surface area contributed by atoms with E-state index in [2.05, 4.69) is 14.9 Å². The number of ether oxygens (including phenoxy) is 1. The highest BCUT2D eigenvalue weighted by atomic mass is 35.5. The summed E-state index contributed by atoms with van der Waals surface area (Å²) in [4.78, 5) is 40.5.